The minimum Gasteiger partial charge on any atom is -0.497 e. The summed E-state index contributed by atoms with van der Waals surface area (Å²) in [6.45, 7) is 21.8. The fourth-order valence-electron chi connectivity index (χ4n) is 13.0. The number of carboxylic acids is 1. The number of amides is 8. The molecule has 4 aliphatic rings. The Morgan fingerprint density at radius 1 is 0.837 bits per heavy atom. The Morgan fingerprint density at radius 3 is 2.07 bits per heavy atom. The standard InChI is InChI=1S/C69H108N8O21/c1-17-38(8)52-50(79)32-51(80)96-56(37(6)7)60(85)71-45(28-35(2)3)62(87)77-27-19-21-47(77)64(89)75(15)49(31-42-22-24-44(94-16)25-23-42)66(92)95-41(11)53(59(84)72-52)73-58(83)48(29-36(4)5)74(14)63(88)46-20-18-26-76(46)61(86)39(9)30-43(78)33-69(12,13)34-70-68(93)98-67-55(82)54(81)40(10)57(97-67)65(90)91/h22-25,35-41,45-50,52-57,67,79,81-82H,17-21,26-34H2,1-16H3,(H,70,93)(H,71,85)(H,72,84)(H,73,83)(H,90,91)/t38-,39+,40?,41-,45-,46-,47-,48+,49-,50-,52-,53+,54?,55?,56-,57?,67?/m0/s1. The Balaban J connectivity index is 1.44. The van der Waals surface area contributed by atoms with Gasteiger partial charge in [0.1, 0.15) is 60.0 Å². The normalized spacial score (nSPS) is 28.3. The highest BCUT2D eigenvalue weighted by molar-refractivity contribution is 5.97. The van der Waals surface area contributed by atoms with Crippen molar-refractivity contribution in [3.63, 3.8) is 0 Å². The summed E-state index contributed by atoms with van der Waals surface area (Å²) >= 11 is 0. The molecule has 4 aliphatic heterocycles. The molecule has 1 aromatic rings. The fraction of sp³-hybridized carbons (Fsp3) is 0.739. The fourth-order valence-corrected chi connectivity index (χ4v) is 13.0. The molecule has 17 atom stereocenters. The highest BCUT2D eigenvalue weighted by Crippen LogP contribution is 2.31. The van der Waals surface area contributed by atoms with E-state index in [1.54, 1.807) is 86.6 Å². The average Bonchev–Trinajstić information content (AvgIpc) is 1.13. The van der Waals surface area contributed by atoms with Crippen LogP contribution in [0.2, 0.25) is 0 Å². The molecule has 0 aliphatic carbocycles. The van der Waals surface area contributed by atoms with Crippen molar-refractivity contribution in [3.8, 4) is 5.75 Å². The molecule has 4 fully saturated rings. The molecule has 550 valence electrons. The molecule has 0 radical (unpaired) electrons. The second-order valence-electron chi connectivity index (χ2n) is 29.0. The lowest BCUT2D eigenvalue weighted by Gasteiger charge is -2.39. The summed E-state index contributed by atoms with van der Waals surface area (Å²) in [6.07, 6.45) is -12.1. The smallest absolute Gasteiger partial charge is 0.409 e. The number of nitrogens with zero attached hydrogens (tertiary/aromatic N) is 4. The average molecular weight is 1390 g/mol. The number of hydrogen-bond acceptors (Lipinski definition) is 20. The van der Waals surface area contributed by atoms with E-state index in [2.05, 4.69) is 21.3 Å². The third kappa shape index (κ3) is 21.5. The zero-order chi connectivity index (χ0) is 73.5. The maximum Gasteiger partial charge on any atom is 0.409 e. The van der Waals surface area contributed by atoms with E-state index >= 15 is 14.4 Å². The van der Waals surface area contributed by atoms with Crippen LogP contribution in [0, 0.1) is 40.9 Å². The van der Waals surface area contributed by atoms with Crippen LogP contribution >= 0.6 is 0 Å². The van der Waals surface area contributed by atoms with Crippen molar-refractivity contribution >= 4 is 71.1 Å². The molecule has 4 heterocycles. The number of benzene rings is 1. The molecular weight excluding hydrogens is 1280 g/mol. The van der Waals surface area contributed by atoms with Gasteiger partial charge in [-0.3, -0.25) is 43.2 Å². The highest BCUT2D eigenvalue weighted by Gasteiger charge is 2.49. The number of esters is 2. The number of ketones is 1. The number of Topliss-reactive ketones (excluding diaryl/α,β-unsaturated/α-hetero) is 1. The Bertz CT molecular complexity index is 2980. The van der Waals surface area contributed by atoms with Crippen molar-refractivity contribution in [3.05, 3.63) is 29.8 Å². The molecule has 8 amide bonds. The summed E-state index contributed by atoms with van der Waals surface area (Å²) in [5.74, 6) is -11.9. The number of rotatable bonds is 23. The number of carboxylic acid groups (broad SMARTS) is 1. The summed E-state index contributed by atoms with van der Waals surface area (Å²) in [5, 5.41) is 53.0. The number of fused-ring (bicyclic) bond motifs is 1. The van der Waals surface area contributed by atoms with E-state index in [4.69, 9.17) is 23.7 Å². The van der Waals surface area contributed by atoms with Gasteiger partial charge in [0.15, 0.2) is 12.2 Å². The molecule has 5 unspecified atom stereocenters. The number of methoxy groups -OCH3 is 1. The Labute approximate surface area is 574 Å². The largest absolute Gasteiger partial charge is 0.497 e. The second kappa shape index (κ2) is 36.0. The Hall–Kier alpha value is -7.50. The predicted molar refractivity (Wildman–Crippen MR) is 353 cm³/mol. The van der Waals surface area contributed by atoms with Crippen molar-refractivity contribution in [2.75, 3.05) is 40.8 Å². The van der Waals surface area contributed by atoms with Crippen molar-refractivity contribution in [2.24, 2.45) is 40.9 Å². The van der Waals surface area contributed by atoms with Crippen LogP contribution in [0.15, 0.2) is 24.3 Å². The lowest BCUT2D eigenvalue weighted by atomic mass is 9.85. The topological polar surface area (TPSA) is 393 Å². The lowest BCUT2D eigenvalue weighted by Crippen LogP contribution is -2.62. The molecule has 8 N–H and O–H groups in total. The van der Waals surface area contributed by atoms with Crippen molar-refractivity contribution in [1.82, 2.24) is 40.9 Å². The van der Waals surface area contributed by atoms with Gasteiger partial charge in [-0.05, 0) is 92.2 Å². The van der Waals surface area contributed by atoms with Crippen LogP contribution in [0.1, 0.15) is 160 Å². The van der Waals surface area contributed by atoms with Crippen molar-refractivity contribution < 1.29 is 102 Å². The zero-order valence-corrected chi connectivity index (χ0v) is 59.8. The Kier molecular flexibility index (Phi) is 29.8. The molecule has 0 bridgehead atoms. The van der Waals surface area contributed by atoms with Crippen molar-refractivity contribution in [2.45, 2.75) is 246 Å². The summed E-state index contributed by atoms with van der Waals surface area (Å²) in [5.41, 5.74) is -0.376. The van der Waals surface area contributed by atoms with Crippen LogP contribution in [0.4, 0.5) is 4.79 Å². The van der Waals surface area contributed by atoms with Crippen LogP contribution in [0.5, 0.6) is 5.75 Å². The van der Waals surface area contributed by atoms with E-state index in [0.29, 0.717) is 30.6 Å². The molecule has 0 spiro atoms. The van der Waals surface area contributed by atoms with Crippen molar-refractivity contribution in [1.29, 1.82) is 0 Å². The summed E-state index contributed by atoms with van der Waals surface area (Å²) < 4.78 is 27.7. The van der Waals surface area contributed by atoms with E-state index in [0.717, 1.165) is 0 Å². The van der Waals surface area contributed by atoms with Gasteiger partial charge in [-0.1, -0.05) is 102 Å². The maximum absolute atomic E-state index is 15.2. The zero-order valence-electron chi connectivity index (χ0n) is 59.8. The minimum atomic E-state index is -1.81. The van der Waals surface area contributed by atoms with Crippen LogP contribution in [0.3, 0.4) is 0 Å². The number of carbonyl (C=O) groups is 12. The number of ether oxygens (including phenoxy) is 5. The van der Waals surface area contributed by atoms with Crippen LogP contribution in [0.25, 0.3) is 0 Å². The van der Waals surface area contributed by atoms with E-state index in [-0.39, 0.29) is 82.2 Å². The number of cyclic esters (lactones) is 2. The SMILES string of the molecule is CC[C@H](C)[C@@H]1NC(=O)[C@H](NC(=O)[C@@H](CC(C)C)N(C)C(=O)[C@@H]2CCCN2C(=O)[C@H](C)CC(=O)CC(C)(C)CNC(=O)OC2OC(C(=O)O)C(C)C(O)C2O)[C@H](C)OC(=O)[C@H](Cc2ccc(OC)cc2)N(C)C(=O)[C@@H]2CCCN2C(=O)[C@H](CC(C)C)NC(=O)[C@H](C(C)C)OC(=O)C[C@@H]1O. The quantitative estimate of drug-likeness (QED) is 0.0576. The van der Waals surface area contributed by atoms with Gasteiger partial charge in [0.2, 0.25) is 41.7 Å². The van der Waals surface area contributed by atoms with Gasteiger partial charge in [-0.25, -0.2) is 14.4 Å². The van der Waals surface area contributed by atoms with Gasteiger partial charge < -0.3 is 85.0 Å². The number of aliphatic hydroxyl groups is 3. The first kappa shape index (κ1) is 81.2. The molecule has 4 saturated heterocycles. The first-order chi connectivity index (χ1) is 45.8. The number of hydrogen-bond donors (Lipinski definition) is 8. The molecule has 0 saturated carbocycles. The summed E-state index contributed by atoms with van der Waals surface area (Å²) in [6, 6.07) is -2.46. The number of likely N-dealkylation sites (tertiary alicyclic amines) is 1. The first-order valence-electron chi connectivity index (χ1n) is 34.3. The minimum absolute atomic E-state index is 0.00980. The van der Waals surface area contributed by atoms with E-state index < -0.39 is 186 Å². The van der Waals surface area contributed by atoms with Crippen LogP contribution in [-0.2, 0) is 78.1 Å². The molecule has 29 heteroatoms. The number of alkyl carbamates (subject to hydrolysis) is 1. The molecular formula is C69H108N8O21. The predicted octanol–water partition coefficient (Wildman–Crippen LogP) is 2.64. The number of likely N-dealkylation sites (N-methyl/N-ethyl adjacent to an activating group) is 2. The lowest BCUT2D eigenvalue weighted by molar-refractivity contribution is -0.264. The first-order valence-corrected chi connectivity index (χ1v) is 34.3. The summed E-state index contributed by atoms with van der Waals surface area (Å²) in [7, 11) is 4.27. The molecule has 0 aromatic heterocycles. The number of aliphatic hydroxyl groups excluding tert-OH is 3. The monoisotopic (exact) mass is 1380 g/mol. The molecule has 98 heavy (non-hydrogen) atoms. The number of aliphatic carboxylic acids is 1. The molecule has 29 nitrogen and oxygen atoms in total. The van der Waals surface area contributed by atoms with E-state index in [9.17, 15) is 63.6 Å². The van der Waals surface area contributed by atoms with Crippen LogP contribution in [-0.4, -0.2) is 237 Å². The van der Waals surface area contributed by atoms with Gasteiger partial charge in [-0.15, -0.1) is 0 Å². The van der Waals surface area contributed by atoms with Gasteiger partial charge >= 0.3 is 24.0 Å². The van der Waals surface area contributed by atoms with Gasteiger partial charge in [-0.2, -0.15) is 0 Å². The summed E-state index contributed by atoms with van der Waals surface area (Å²) in [4.78, 5) is 176. The van der Waals surface area contributed by atoms with Gasteiger partial charge in [0.25, 0.3) is 5.91 Å². The molecule has 5 rings (SSSR count). The third-order valence-electron chi connectivity index (χ3n) is 19.0. The maximum atomic E-state index is 15.2. The van der Waals surface area contributed by atoms with Gasteiger partial charge in [0.05, 0.1) is 31.8 Å². The second-order valence-corrected chi connectivity index (χ2v) is 29.0. The van der Waals surface area contributed by atoms with Crippen LogP contribution < -0.4 is 26.0 Å². The number of nitrogens with one attached hydrogen (secondary N) is 4. The number of carbonyl (C=O) groups excluding carboxylic acids is 11. The van der Waals surface area contributed by atoms with E-state index in [1.165, 1.54) is 54.7 Å². The van der Waals surface area contributed by atoms with Gasteiger partial charge in [0, 0.05) is 64.8 Å². The third-order valence-corrected chi connectivity index (χ3v) is 19.0. The Morgan fingerprint density at radius 2 is 1.48 bits per heavy atom. The molecule has 1 aromatic carbocycles. The van der Waals surface area contributed by atoms with E-state index in [1.807, 2.05) is 13.8 Å². The highest BCUT2D eigenvalue weighted by atomic mass is 16.7.